The van der Waals surface area contributed by atoms with Crippen molar-refractivity contribution in [3.05, 3.63) is 29.8 Å². The van der Waals surface area contributed by atoms with E-state index in [-0.39, 0.29) is 6.10 Å². The second-order valence-electron chi connectivity index (χ2n) is 3.31. The fraction of sp³-hybridized carbons (Fsp3) is 0.500. The van der Waals surface area contributed by atoms with Gasteiger partial charge in [-0.2, -0.15) is 0 Å². The number of hydrogen-bond acceptors (Lipinski definition) is 2. The highest BCUT2D eigenvalue weighted by atomic mass is 16.3. The Bertz CT molecular complexity index is 246. The van der Waals surface area contributed by atoms with Gasteiger partial charge in [-0.05, 0) is 31.4 Å². The Morgan fingerprint density at radius 1 is 1.29 bits per heavy atom. The van der Waals surface area contributed by atoms with Gasteiger partial charge in [0.15, 0.2) is 0 Å². The number of nitrogens with two attached hydrogens (primary N) is 1. The van der Waals surface area contributed by atoms with Crippen molar-refractivity contribution in [2.75, 3.05) is 5.73 Å². The summed E-state index contributed by atoms with van der Waals surface area (Å²) in [5.74, 6) is 0. The maximum absolute atomic E-state index is 8.36. The zero-order valence-electron chi connectivity index (χ0n) is 9.33. The van der Waals surface area contributed by atoms with Crippen molar-refractivity contribution in [3.63, 3.8) is 0 Å². The smallest absolute Gasteiger partial charge is 0.0509 e. The van der Waals surface area contributed by atoms with Crippen molar-refractivity contribution in [1.82, 2.24) is 0 Å². The minimum absolute atomic E-state index is 0.116. The quantitative estimate of drug-likeness (QED) is 0.712. The molecule has 0 fully saturated rings. The van der Waals surface area contributed by atoms with Crippen LogP contribution in [0.25, 0.3) is 0 Å². The van der Waals surface area contributed by atoms with Crippen molar-refractivity contribution in [1.29, 1.82) is 0 Å². The summed E-state index contributed by atoms with van der Waals surface area (Å²) in [6.45, 7) is 5.83. The first-order chi connectivity index (χ1) is 6.61. The molecule has 2 heteroatoms. The second kappa shape index (κ2) is 7.39. The van der Waals surface area contributed by atoms with E-state index in [0.717, 1.165) is 18.5 Å². The number of hydrogen-bond donors (Lipinski definition) is 2. The van der Waals surface area contributed by atoms with Gasteiger partial charge in [0, 0.05) is 5.69 Å². The van der Waals surface area contributed by atoms with Crippen LogP contribution in [0.5, 0.6) is 0 Å². The van der Waals surface area contributed by atoms with E-state index < -0.39 is 0 Å². The molecule has 1 aromatic rings. The number of para-hydroxylation sites is 1. The molecule has 3 N–H and O–H groups in total. The van der Waals surface area contributed by atoms with Gasteiger partial charge in [0.25, 0.3) is 0 Å². The Kier molecular flexibility index (Phi) is 6.85. The van der Waals surface area contributed by atoms with E-state index in [0.29, 0.717) is 0 Å². The van der Waals surface area contributed by atoms with Crippen LogP contribution in [0.3, 0.4) is 0 Å². The third-order valence-electron chi connectivity index (χ3n) is 2.03. The van der Waals surface area contributed by atoms with Crippen LogP contribution < -0.4 is 5.73 Å². The zero-order valence-corrected chi connectivity index (χ0v) is 9.33. The van der Waals surface area contributed by atoms with Gasteiger partial charge in [0.05, 0.1) is 6.10 Å². The van der Waals surface area contributed by atoms with Crippen molar-refractivity contribution in [2.24, 2.45) is 0 Å². The Labute approximate surface area is 86.8 Å². The molecule has 2 nitrogen and oxygen atoms in total. The first kappa shape index (κ1) is 13.0. The molecular formula is C12H21NO. The Morgan fingerprint density at radius 2 is 1.79 bits per heavy atom. The highest BCUT2D eigenvalue weighted by Crippen LogP contribution is 2.09. The highest BCUT2D eigenvalue weighted by molar-refractivity contribution is 5.46. The molecule has 1 aromatic carbocycles. The summed E-state index contributed by atoms with van der Waals surface area (Å²) in [4.78, 5) is 0. The lowest BCUT2D eigenvalue weighted by molar-refractivity contribution is 0.191. The molecule has 80 valence electrons. The number of aryl methyl sites for hydroxylation is 1. The second-order valence-corrected chi connectivity index (χ2v) is 3.31. The van der Waals surface area contributed by atoms with Crippen LogP contribution >= 0.6 is 0 Å². The van der Waals surface area contributed by atoms with E-state index in [2.05, 4.69) is 13.0 Å². The summed E-state index contributed by atoms with van der Waals surface area (Å²) >= 11 is 0. The summed E-state index contributed by atoms with van der Waals surface area (Å²) in [6.07, 6.45) is 1.77. The SMILES string of the molecule is CCC(C)O.CCc1ccccc1N. The number of anilines is 1. The molecule has 0 saturated heterocycles. The van der Waals surface area contributed by atoms with Crippen LogP contribution in [0.2, 0.25) is 0 Å². The topological polar surface area (TPSA) is 46.2 Å². The molecule has 0 radical (unpaired) electrons. The van der Waals surface area contributed by atoms with E-state index in [1.165, 1.54) is 5.56 Å². The third kappa shape index (κ3) is 5.60. The summed E-state index contributed by atoms with van der Waals surface area (Å²) in [7, 11) is 0. The lowest BCUT2D eigenvalue weighted by Gasteiger charge is -1.98. The van der Waals surface area contributed by atoms with Gasteiger partial charge in [-0.15, -0.1) is 0 Å². The van der Waals surface area contributed by atoms with Gasteiger partial charge in [0.2, 0.25) is 0 Å². The van der Waals surface area contributed by atoms with E-state index in [1.807, 2.05) is 25.1 Å². The van der Waals surface area contributed by atoms with Crippen molar-refractivity contribution in [2.45, 2.75) is 39.7 Å². The van der Waals surface area contributed by atoms with E-state index >= 15 is 0 Å². The Hall–Kier alpha value is -1.02. The van der Waals surface area contributed by atoms with Crippen LogP contribution in [0, 0.1) is 0 Å². The fourth-order valence-electron chi connectivity index (χ4n) is 0.856. The number of benzene rings is 1. The normalized spacial score (nSPS) is 11.4. The molecule has 0 heterocycles. The molecule has 0 aliphatic heterocycles. The van der Waals surface area contributed by atoms with Gasteiger partial charge in [-0.1, -0.05) is 32.0 Å². The molecule has 1 atom stereocenters. The molecule has 14 heavy (non-hydrogen) atoms. The van der Waals surface area contributed by atoms with Gasteiger partial charge < -0.3 is 10.8 Å². The van der Waals surface area contributed by atoms with Gasteiger partial charge in [-0.25, -0.2) is 0 Å². The first-order valence-electron chi connectivity index (χ1n) is 5.13. The van der Waals surface area contributed by atoms with Gasteiger partial charge in [-0.3, -0.25) is 0 Å². The molecule has 0 bridgehead atoms. The summed E-state index contributed by atoms with van der Waals surface area (Å²) in [6, 6.07) is 7.94. The molecule has 1 rings (SSSR count). The average Bonchev–Trinajstić information content (AvgIpc) is 2.19. The first-order valence-corrected chi connectivity index (χ1v) is 5.13. The van der Waals surface area contributed by atoms with Crippen LogP contribution in [0.1, 0.15) is 32.8 Å². The van der Waals surface area contributed by atoms with Crippen LogP contribution in [-0.4, -0.2) is 11.2 Å². The predicted octanol–water partition coefficient (Wildman–Crippen LogP) is 2.61. The Balaban J connectivity index is 0.000000292. The van der Waals surface area contributed by atoms with Crippen LogP contribution in [0.15, 0.2) is 24.3 Å². The number of nitrogen functional groups attached to an aromatic ring is 1. The predicted molar refractivity (Wildman–Crippen MR) is 62.2 cm³/mol. The Morgan fingerprint density at radius 3 is 2.07 bits per heavy atom. The van der Waals surface area contributed by atoms with E-state index in [9.17, 15) is 0 Å². The lowest BCUT2D eigenvalue weighted by Crippen LogP contribution is -1.93. The minimum Gasteiger partial charge on any atom is -0.399 e. The minimum atomic E-state index is -0.116. The van der Waals surface area contributed by atoms with Crippen LogP contribution in [0.4, 0.5) is 5.69 Å². The lowest BCUT2D eigenvalue weighted by atomic mass is 10.1. The maximum atomic E-state index is 8.36. The number of aliphatic hydroxyl groups is 1. The average molecular weight is 195 g/mol. The van der Waals surface area contributed by atoms with E-state index in [1.54, 1.807) is 6.92 Å². The van der Waals surface area contributed by atoms with Gasteiger partial charge in [0.1, 0.15) is 0 Å². The molecule has 0 saturated carbocycles. The zero-order chi connectivity index (χ0) is 11.0. The number of rotatable bonds is 2. The summed E-state index contributed by atoms with van der Waals surface area (Å²) < 4.78 is 0. The third-order valence-corrected chi connectivity index (χ3v) is 2.03. The molecule has 1 unspecified atom stereocenters. The van der Waals surface area contributed by atoms with E-state index in [4.69, 9.17) is 10.8 Å². The largest absolute Gasteiger partial charge is 0.399 e. The molecule has 0 aromatic heterocycles. The summed E-state index contributed by atoms with van der Waals surface area (Å²) in [5, 5.41) is 8.36. The van der Waals surface area contributed by atoms with Crippen molar-refractivity contribution in [3.8, 4) is 0 Å². The van der Waals surface area contributed by atoms with Crippen molar-refractivity contribution >= 4 is 5.69 Å². The molecule has 0 spiro atoms. The monoisotopic (exact) mass is 195 g/mol. The fourth-order valence-corrected chi connectivity index (χ4v) is 0.856. The molecule has 0 aliphatic carbocycles. The molecular weight excluding hydrogens is 174 g/mol. The molecule has 0 amide bonds. The van der Waals surface area contributed by atoms with Gasteiger partial charge >= 0.3 is 0 Å². The standard InChI is InChI=1S/C8H11N.C4H10O/c1-2-7-5-3-4-6-8(7)9;1-3-4(2)5/h3-6H,2,9H2,1H3;4-5H,3H2,1-2H3. The molecule has 0 aliphatic rings. The highest BCUT2D eigenvalue weighted by Gasteiger charge is 1.90. The van der Waals surface area contributed by atoms with Crippen molar-refractivity contribution < 1.29 is 5.11 Å². The number of aliphatic hydroxyl groups excluding tert-OH is 1. The maximum Gasteiger partial charge on any atom is 0.0509 e. The van der Waals surface area contributed by atoms with Crippen LogP contribution in [-0.2, 0) is 6.42 Å². The summed E-state index contributed by atoms with van der Waals surface area (Å²) in [5.41, 5.74) is 7.77.